The van der Waals surface area contributed by atoms with Crippen LogP contribution in [-0.4, -0.2) is 30.8 Å². The summed E-state index contributed by atoms with van der Waals surface area (Å²) in [5.41, 5.74) is 6.06. The zero-order chi connectivity index (χ0) is 23.0. The molecule has 1 heterocycles. The Morgan fingerprint density at radius 1 is 1.09 bits per heavy atom. The highest BCUT2D eigenvalue weighted by Crippen LogP contribution is 2.30. The number of nitrogens with one attached hydrogen (secondary N) is 1. The maximum Gasteiger partial charge on any atom is 0.272 e. The van der Waals surface area contributed by atoms with Gasteiger partial charge in [-0.1, -0.05) is 60.5 Å². The van der Waals surface area contributed by atoms with Gasteiger partial charge in [-0.15, -0.1) is 6.42 Å². The van der Waals surface area contributed by atoms with Crippen molar-refractivity contribution >= 4 is 23.0 Å². The van der Waals surface area contributed by atoms with E-state index in [1.54, 1.807) is 31.4 Å². The number of hydrogen-bond donors (Lipinski definition) is 1. The van der Waals surface area contributed by atoms with E-state index in [0.717, 1.165) is 16.5 Å². The summed E-state index contributed by atoms with van der Waals surface area (Å²) in [6, 6.07) is 24.4. The van der Waals surface area contributed by atoms with E-state index in [2.05, 4.69) is 16.4 Å². The van der Waals surface area contributed by atoms with Crippen molar-refractivity contribution in [1.82, 2.24) is 10.4 Å². The molecule has 1 amide bonds. The van der Waals surface area contributed by atoms with Crippen LogP contribution in [0.5, 0.6) is 11.5 Å². The molecule has 0 fully saturated rings. The molecule has 0 bridgehead atoms. The predicted molar refractivity (Wildman–Crippen MR) is 130 cm³/mol. The summed E-state index contributed by atoms with van der Waals surface area (Å²) >= 11 is 0. The number of methoxy groups -OCH3 is 1. The Bertz CT molecular complexity index is 1360. The fraction of sp³-hybridized carbons (Fsp3) is 0.0741. The van der Waals surface area contributed by atoms with Crippen molar-refractivity contribution in [3.63, 3.8) is 0 Å². The van der Waals surface area contributed by atoms with Gasteiger partial charge in [0.05, 0.1) is 30.1 Å². The minimum absolute atomic E-state index is 0.0822. The average molecular weight is 435 g/mol. The van der Waals surface area contributed by atoms with E-state index in [1.165, 1.54) is 6.21 Å². The number of terminal acetylenes is 1. The first-order chi connectivity index (χ1) is 16.2. The number of ether oxygens (including phenoxy) is 2. The highest BCUT2D eigenvalue weighted by Gasteiger charge is 2.14. The van der Waals surface area contributed by atoms with Crippen molar-refractivity contribution in [2.24, 2.45) is 5.10 Å². The summed E-state index contributed by atoms with van der Waals surface area (Å²) in [4.78, 5) is 17.8. The van der Waals surface area contributed by atoms with Crippen LogP contribution in [0.25, 0.3) is 22.2 Å². The lowest BCUT2D eigenvalue weighted by Gasteiger charge is -2.11. The molecule has 4 rings (SSSR count). The van der Waals surface area contributed by atoms with Gasteiger partial charge in [-0.05, 0) is 24.3 Å². The summed E-state index contributed by atoms with van der Waals surface area (Å²) in [6.45, 7) is 0.0822. The zero-order valence-electron chi connectivity index (χ0n) is 18.0. The predicted octanol–water partition coefficient (Wildman–Crippen LogP) is 4.69. The molecule has 0 aliphatic rings. The van der Waals surface area contributed by atoms with Crippen molar-refractivity contribution in [2.45, 2.75) is 0 Å². The molecular weight excluding hydrogens is 414 g/mol. The highest BCUT2D eigenvalue weighted by atomic mass is 16.5. The fourth-order valence-electron chi connectivity index (χ4n) is 3.40. The molecule has 0 saturated carbocycles. The molecule has 6 nitrogen and oxygen atoms in total. The van der Waals surface area contributed by atoms with E-state index < -0.39 is 0 Å². The van der Waals surface area contributed by atoms with Crippen molar-refractivity contribution in [3.05, 3.63) is 90.0 Å². The Balaban J connectivity index is 1.64. The second kappa shape index (κ2) is 10.1. The zero-order valence-corrected chi connectivity index (χ0v) is 18.0. The Labute approximate surface area is 191 Å². The summed E-state index contributed by atoms with van der Waals surface area (Å²) in [5.74, 6) is 3.05. The molecular formula is C27H21N3O3. The van der Waals surface area contributed by atoms with Crippen molar-refractivity contribution in [3.8, 4) is 35.1 Å². The van der Waals surface area contributed by atoms with E-state index in [1.807, 2.05) is 54.6 Å². The first-order valence-corrected chi connectivity index (χ1v) is 10.2. The van der Waals surface area contributed by atoms with E-state index in [9.17, 15) is 4.79 Å². The van der Waals surface area contributed by atoms with Gasteiger partial charge in [-0.25, -0.2) is 10.4 Å². The number of nitrogens with zero attached hydrogens (tertiary/aromatic N) is 2. The van der Waals surface area contributed by atoms with Crippen LogP contribution in [0.1, 0.15) is 15.9 Å². The first kappa shape index (κ1) is 21.6. The summed E-state index contributed by atoms with van der Waals surface area (Å²) in [6.07, 6.45) is 6.80. The third-order valence-electron chi connectivity index (χ3n) is 4.93. The van der Waals surface area contributed by atoms with Gasteiger partial charge in [0.1, 0.15) is 6.61 Å². The summed E-state index contributed by atoms with van der Waals surface area (Å²) < 4.78 is 10.9. The maximum atomic E-state index is 13.1. The standard InChI is InChI=1S/C27H21N3O3/c1-3-16-33-26-20(12-9-15-25(26)32-2)18-28-30-27(31)22-17-24(19-10-5-4-6-11-19)29-23-14-8-7-13-21(22)23/h1,4-15,17-18H,16H2,2H3,(H,30,31)/b28-18-. The molecule has 3 aromatic carbocycles. The number of fused-ring (bicyclic) bond motifs is 1. The van der Waals surface area contributed by atoms with Gasteiger partial charge in [-0.3, -0.25) is 4.79 Å². The van der Waals surface area contributed by atoms with Crippen molar-refractivity contribution < 1.29 is 14.3 Å². The smallest absolute Gasteiger partial charge is 0.272 e. The summed E-state index contributed by atoms with van der Waals surface area (Å²) in [7, 11) is 1.54. The number of amides is 1. The van der Waals surface area contributed by atoms with Gasteiger partial charge < -0.3 is 9.47 Å². The largest absolute Gasteiger partial charge is 0.493 e. The molecule has 4 aromatic rings. The number of para-hydroxylation sites is 2. The van der Waals surface area contributed by atoms with E-state index in [0.29, 0.717) is 28.3 Å². The first-order valence-electron chi connectivity index (χ1n) is 10.2. The van der Waals surface area contributed by atoms with Gasteiger partial charge in [0.25, 0.3) is 5.91 Å². The lowest BCUT2D eigenvalue weighted by molar-refractivity contribution is 0.0956. The molecule has 0 atom stereocenters. The lowest BCUT2D eigenvalue weighted by atomic mass is 10.0. The van der Waals surface area contributed by atoms with Gasteiger partial charge in [0.15, 0.2) is 11.5 Å². The molecule has 0 aliphatic heterocycles. The van der Waals surface area contributed by atoms with Gasteiger partial charge in [0.2, 0.25) is 0 Å². The average Bonchev–Trinajstić information content (AvgIpc) is 2.87. The Morgan fingerprint density at radius 2 is 1.88 bits per heavy atom. The van der Waals surface area contributed by atoms with Gasteiger partial charge in [0, 0.05) is 16.5 Å². The Morgan fingerprint density at radius 3 is 2.67 bits per heavy atom. The second-order valence-corrected chi connectivity index (χ2v) is 7.01. The van der Waals surface area contributed by atoms with Crippen LogP contribution in [0.3, 0.4) is 0 Å². The van der Waals surface area contributed by atoms with Crippen molar-refractivity contribution in [2.75, 3.05) is 13.7 Å². The van der Waals surface area contributed by atoms with Crippen LogP contribution in [0, 0.1) is 12.3 Å². The van der Waals surface area contributed by atoms with Crippen LogP contribution in [0.4, 0.5) is 0 Å². The molecule has 1 aromatic heterocycles. The molecule has 33 heavy (non-hydrogen) atoms. The number of pyridine rings is 1. The molecule has 1 N–H and O–H groups in total. The number of hydrazone groups is 1. The quantitative estimate of drug-likeness (QED) is 0.260. The topological polar surface area (TPSA) is 72.8 Å². The number of aromatic nitrogens is 1. The fourth-order valence-corrected chi connectivity index (χ4v) is 3.40. The number of benzene rings is 3. The molecule has 162 valence electrons. The highest BCUT2D eigenvalue weighted by molar-refractivity contribution is 6.07. The van der Waals surface area contributed by atoms with Crippen molar-refractivity contribution in [1.29, 1.82) is 0 Å². The second-order valence-electron chi connectivity index (χ2n) is 7.01. The number of carbonyl (C=O) groups excluding carboxylic acids is 1. The van der Waals surface area contributed by atoms with E-state index in [4.69, 9.17) is 20.9 Å². The molecule has 0 unspecified atom stereocenters. The van der Waals surface area contributed by atoms with E-state index in [-0.39, 0.29) is 12.5 Å². The SMILES string of the molecule is C#CCOc1c(/C=N\NC(=O)c2cc(-c3ccccc3)nc3ccccc23)cccc1OC. The molecule has 0 aliphatic carbocycles. The molecule has 0 radical (unpaired) electrons. The van der Waals surface area contributed by atoms with Gasteiger partial charge >= 0.3 is 0 Å². The minimum atomic E-state index is -0.351. The molecule has 0 saturated heterocycles. The van der Waals surface area contributed by atoms with Crippen LogP contribution in [0.15, 0.2) is 84.0 Å². The van der Waals surface area contributed by atoms with Crippen LogP contribution >= 0.6 is 0 Å². The van der Waals surface area contributed by atoms with Crippen LogP contribution in [0.2, 0.25) is 0 Å². The normalized spacial score (nSPS) is 10.7. The Hall–Kier alpha value is -4.63. The number of rotatable bonds is 7. The van der Waals surface area contributed by atoms with Gasteiger partial charge in [-0.2, -0.15) is 5.10 Å². The number of hydrogen-bond acceptors (Lipinski definition) is 5. The third kappa shape index (κ3) is 4.83. The van der Waals surface area contributed by atoms with Crippen LogP contribution in [-0.2, 0) is 0 Å². The maximum absolute atomic E-state index is 13.1. The molecule has 0 spiro atoms. The molecule has 6 heteroatoms. The minimum Gasteiger partial charge on any atom is -0.493 e. The summed E-state index contributed by atoms with van der Waals surface area (Å²) in [5, 5.41) is 4.88. The third-order valence-corrected chi connectivity index (χ3v) is 4.93. The number of carbonyl (C=O) groups is 1. The Kier molecular flexibility index (Phi) is 6.62. The van der Waals surface area contributed by atoms with Crippen LogP contribution < -0.4 is 14.9 Å². The lowest BCUT2D eigenvalue weighted by Crippen LogP contribution is -2.18. The monoisotopic (exact) mass is 435 g/mol. The van der Waals surface area contributed by atoms with E-state index >= 15 is 0 Å².